The van der Waals surface area contributed by atoms with Crippen LogP contribution in [0.3, 0.4) is 0 Å². The maximum Gasteiger partial charge on any atom is 0.337 e. The van der Waals surface area contributed by atoms with E-state index in [1.165, 1.54) is 0 Å². The van der Waals surface area contributed by atoms with E-state index < -0.39 is 12.1 Å². The Bertz CT molecular complexity index is 753. The standard InChI is InChI=1S/C21H25NO3/c1-3-5-9-16(4-2)19(23)13-12-17-10-8-11-18(21(24)25)20(17)22-14-6-7-15-22/h6-8,10-11,14-16,19,23H,3-5,9H2,1-2H3,(H,24,25). The van der Waals surface area contributed by atoms with Gasteiger partial charge in [-0.3, -0.25) is 0 Å². The normalized spacial score (nSPS) is 12.9. The van der Waals surface area contributed by atoms with E-state index >= 15 is 0 Å². The number of aromatic nitrogens is 1. The number of carbonyl (C=O) groups is 1. The summed E-state index contributed by atoms with van der Waals surface area (Å²) in [5.74, 6) is 5.08. The number of carboxylic acid groups (broad SMARTS) is 1. The summed E-state index contributed by atoms with van der Waals surface area (Å²) in [6.45, 7) is 4.19. The Hall–Kier alpha value is -2.51. The van der Waals surface area contributed by atoms with Gasteiger partial charge in [-0.15, -0.1) is 0 Å². The van der Waals surface area contributed by atoms with Crippen LogP contribution >= 0.6 is 0 Å². The number of para-hydroxylation sites is 1. The Morgan fingerprint density at radius 3 is 2.52 bits per heavy atom. The Morgan fingerprint density at radius 1 is 1.20 bits per heavy atom. The molecule has 0 spiro atoms. The molecule has 0 amide bonds. The van der Waals surface area contributed by atoms with Crippen molar-refractivity contribution in [2.24, 2.45) is 5.92 Å². The molecular formula is C21H25NO3. The minimum atomic E-state index is -0.998. The molecule has 0 aliphatic rings. The molecule has 0 saturated carbocycles. The maximum atomic E-state index is 11.6. The van der Waals surface area contributed by atoms with Crippen LogP contribution < -0.4 is 0 Å². The molecule has 0 fully saturated rings. The van der Waals surface area contributed by atoms with E-state index in [1.54, 1.807) is 35.2 Å². The molecule has 4 heteroatoms. The van der Waals surface area contributed by atoms with Gasteiger partial charge in [-0.1, -0.05) is 44.6 Å². The van der Waals surface area contributed by atoms with Crippen molar-refractivity contribution in [2.75, 3.05) is 0 Å². The van der Waals surface area contributed by atoms with Gasteiger partial charge in [0.1, 0.15) is 6.10 Å². The summed E-state index contributed by atoms with van der Waals surface area (Å²) in [4.78, 5) is 11.6. The molecule has 0 aliphatic heterocycles. The van der Waals surface area contributed by atoms with Crippen molar-refractivity contribution in [2.45, 2.75) is 45.6 Å². The van der Waals surface area contributed by atoms with Crippen molar-refractivity contribution in [1.82, 2.24) is 4.57 Å². The van der Waals surface area contributed by atoms with Gasteiger partial charge in [0.2, 0.25) is 0 Å². The third-order valence-electron chi connectivity index (χ3n) is 4.38. The van der Waals surface area contributed by atoms with Gasteiger partial charge in [0.25, 0.3) is 0 Å². The average Bonchev–Trinajstić information content (AvgIpc) is 3.14. The third-order valence-corrected chi connectivity index (χ3v) is 4.38. The van der Waals surface area contributed by atoms with Gasteiger partial charge in [-0.05, 0) is 43.0 Å². The first kappa shape index (κ1) is 18.8. The minimum absolute atomic E-state index is 0.144. The van der Waals surface area contributed by atoms with Crippen LogP contribution in [0.5, 0.6) is 0 Å². The second kappa shape index (κ2) is 9.10. The predicted molar refractivity (Wildman–Crippen MR) is 98.9 cm³/mol. The molecule has 2 N–H and O–H groups in total. The Morgan fingerprint density at radius 2 is 1.92 bits per heavy atom. The van der Waals surface area contributed by atoms with E-state index in [0.717, 1.165) is 25.7 Å². The van der Waals surface area contributed by atoms with Gasteiger partial charge in [0.15, 0.2) is 0 Å². The number of carboxylic acids is 1. The summed E-state index contributed by atoms with van der Waals surface area (Å²) in [5.41, 5.74) is 1.32. The average molecular weight is 339 g/mol. The van der Waals surface area contributed by atoms with Gasteiger partial charge in [-0.2, -0.15) is 0 Å². The third kappa shape index (κ3) is 4.74. The number of aliphatic hydroxyl groups excluding tert-OH is 1. The molecule has 2 rings (SSSR count). The summed E-state index contributed by atoms with van der Waals surface area (Å²) < 4.78 is 1.74. The van der Waals surface area contributed by atoms with Crippen molar-refractivity contribution in [3.8, 4) is 17.5 Å². The van der Waals surface area contributed by atoms with Crippen molar-refractivity contribution in [3.05, 3.63) is 53.9 Å². The zero-order valence-corrected chi connectivity index (χ0v) is 14.8. The molecule has 2 atom stereocenters. The zero-order valence-electron chi connectivity index (χ0n) is 14.8. The molecule has 0 aliphatic carbocycles. The van der Waals surface area contributed by atoms with Gasteiger partial charge in [0.05, 0.1) is 11.3 Å². The summed E-state index contributed by atoms with van der Waals surface area (Å²) in [5, 5.41) is 19.9. The molecule has 25 heavy (non-hydrogen) atoms. The highest BCUT2D eigenvalue weighted by molar-refractivity contribution is 5.93. The summed E-state index contributed by atoms with van der Waals surface area (Å²) >= 11 is 0. The fourth-order valence-electron chi connectivity index (χ4n) is 2.90. The van der Waals surface area contributed by atoms with Crippen LogP contribution in [0.15, 0.2) is 42.7 Å². The smallest absolute Gasteiger partial charge is 0.337 e. The molecule has 1 heterocycles. The Labute approximate surface area is 149 Å². The lowest BCUT2D eigenvalue weighted by atomic mass is 9.93. The van der Waals surface area contributed by atoms with Crippen molar-refractivity contribution in [1.29, 1.82) is 0 Å². The Kier molecular flexibility index (Phi) is 6.85. The summed E-state index contributed by atoms with van der Waals surface area (Å²) in [6.07, 6.45) is 6.86. The lowest BCUT2D eigenvalue weighted by molar-refractivity contribution is 0.0697. The second-order valence-corrected chi connectivity index (χ2v) is 6.12. The first-order valence-corrected chi connectivity index (χ1v) is 8.77. The van der Waals surface area contributed by atoms with E-state index in [2.05, 4.69) is 25.7 Å². The lowest BCUT2D eigenvalue weighted by Crippen LogP contribution is -2.18. The van der Waals surface area contributed by atoms with Crippen molar-refractivity contribution < 1.29 is 15.0 Å². The van der Waals surface area contributed by atoms with Crippen LogP contribution in [0.25, 0.3) is 5.69 Å². The van der Waals surface area contributed by atoms with Crippen LogP contribution in [0, 0.1) is 17.8 Å². The topological polar surface area (TPSA) is 62.5 Å². The molecular weight excluding hydrogens is 314 g/mol. The van der Waals surface area contributed by atoms with E-state index in [9.17, 15) is 15.0 Å². The number of aromatic carboxylic acids is 1. The molecule has 0 radical (unpaired) electrons. The van der Waals surface area contributed by atoms with Gasteiger partial charge >= 0.3 is 5.97 Å². The van der Waals surface area contributed by atoms with Crippen LogP contribution in [0.2, 0.25) is 0 Å². The van der Waals surface area contributed by atoms with Crippen LogP contribution in [-0.4, -0.2) is 26.9 Å². The maximum absolute atomic E-state index is 11.6. The highest BCUT2D eigenvalue weighted by atomic mass is 16.4. The molecule has 1 aromatic carbocycles. The van der Waals surface area contributed by atoms with Crippen LogP contribution in [0.1, 0.15) is 55.5 Å². The number of hydrogen-bond donors (Lipinski definition) is 2. The second-order valence-electron chi connectivity index (χ2n) is 6.12. The monoisotopic (exact) mass is 339 g/mol. The fraction of sp³-hybridized carbons (Fsp3) is 0.381. The number of hydrogen-bond acceptors (Lipinski definition) is 2. The fourth-order valence-corrected chi connectivity index (χ4v) is 2.90. The number of unbranched alkanes of at least 4 members (excludes halogenated alkanes) is 1. The van der Waals surface area contributed by atoms with E-state index in [1.807, 2.05) is 12.1 Å². The van der Waals surface area contributed by atoms with Gasteiger partial charge in [0, 0.05) is 18.0 Å². The quantitative estimate of drug-likeness (QED) is 0.746. The lowest BCUT2D eigenvalue weighted by Gasteiger charge is -2.16. The predicted octanol–water partition coefficient (Wildman–Crippen LogP) is 4.10. The van der Waals surface area contributed by atoms with Crippen molar-refractivity contribution in [3.63, 3.8) is 0 Å². The Balaban J connectivity index is 2.38. The van der Waals surface area contributed by atoms with Gasteiger partial charge < -0.3 is 14.8 Å². The first-order valence-electron chi connectivity index (χ1n) is 8.77. The van der Waals surface area contributed by atoms with Crippen LogP contribution in [-0.2, 0) is 0 Å². The molecule has 4 nitrogen and oxygen atoms in total. The number of benzene rings is 1. The SMILES string of the molecule is CCCCC(CC)C(O)C#Cc1cccc(C(=O)O)c1-n1cccc1. The summed E-state index contributed by atoms with van der Waals surface area (Å²) in [6, 6.07) is 8.70. The molecule has 2 aromatic rings. The highest BCUT2D eigenvalue weighted by Gasteiger charge is 2.16. The molecule has 0 bridgehead atoms. The first-order chi connectivity index (χ1) is 12.1. The molecule has 1 aromatic heterocycles. The number of nitrogens with zero attached hydrogens (tertiary/aromatic N) is 1. The number of rotatable bonds is 7. The molecule has 0 saturated heterocycles. The molecule has 132 valence electrons. The van der Waals surface area contributed by atoms with Gasteiger partial charge in [-0.25, -0.2) is 4.79 Å². The number of aliphatic hydroxyl groups is 1. The summed E-state index contributed by atoms with van der Waals surface area (Å²) in [7, 11) is 0. The van der Waals surface area contributed by atoms with E-state index in [4.69, 9.17) is 0 Å². The van der Waals surface area contributed by atoms with E-state index in [-0.39, 0.29) is 11.5 Å². The largest absolute Gasteiger partial charge is 0.478 e. The van der Waals surface area contributed by atoms with E-state index in [0.29, 0.717) is 11.3 Å². The molecule has 2 unspecified atom stereocenters. The zero-order chi connectivity index (χ0) is 18.2. The highest BCUT2D eigenvalue weighted by Crippen LogP contribution is 2.21. The minimum Gasteiger partial charge on any atom is -0.478 e. The van der Waals surface area contributed by atoms with Crippen molar-refractivity contribution >= 4 is 5.97 Å². The van der Waals surface area contributed by atoms with Crippen LogP contribution in [0.4, 0.5) is 0 Å².